The average molecular weight is 521 g/mol. The molecule has 0 radical (unpaired) electrons. The van der Waals surface area contributed by atoms with Crippen LogP contribution in [0, 0.1) is 5.82 Å². The van der Waals surface area contributed by atoms with E-state index in [-0.39, 0.29) is 29.9 Å². The summed E-state index contributed by atoms with van der Waals surface area (Å²) in [6.45, 7) is 4.38. The highest BCUT2D eigenvalue weighted by Crippen LogP contribution is 2.44. The van der Waals surface area contributed by atoms with E-state index in [2.05, 4.69) is 25.5 Å². The number of benzene rings is 1. The summed E-state index contributed by atoms with van der Waals surface area (Å²) < 4.78 is 26.1. The van der Waals surface area contributed by atoms with Crippen LogP contribution in [-0.4, -0.2) is 84.6 Å². The fourth-order valence-corrected chi connectivity index (χ4v) is 5.47. The molecule has 4 bridgehead atoms. The van der Waals surface area contributed by atoms with E-state index in [1.165, 1.54) is 13.2 Å². The van der Waals surface area contributed by atoms with Crippen molar-refractivity contribution in [1.29, 1.82) is 0 Å². The lowest BCUT2D eigenvalue weighted by atomic mass is 9.92. The molecule has 1 aromatic carbocycles. The number of hydrogen-bond acceptors (Lipinski definition) is 7. The molecule has 4 aliphatic heterocycles. The lowest BCUT2D eigenvalue weighted by Crippen LogP contribution is -2.50. The number of nitrogens with zero attached hydrogens (tertiary/aromatic N) is 3. The van der Waals surface area contributed by atoms with Crippen LogP contribution in [0.1, 0.15) is 28.4 Å². The van der Waals surface area contributed by atoms with Gasteiger partial charge in [-0.25, -0.2) is 4.39 Å². The van der Waals surface area contributed by atoms with Crippen LogP contribution in [0.25, 0.3) is 11.3 Å². The Morgan fingerprint density at radius 2 is 2.00 bits per heavy atom. The van der Waals surface area contributed by atoms with Crippen molar-refractivity contribution in [1.82, 2.24) is 25.1 Å². The third-order valence-electron chi connectivity index (χ3n) is 7.47. The Morgan fingerprint density at radius 3 is 2.82 bits per heavy atom. The first kappa shape index (κ1) is 24.2. The number of H-pyrrole nitrogens is 1. The maximum absolute atomic E-state index is 14.6. The first-order valence-electron chi connectivity index (χ1n) is 12.7. The van der Waals surface area contributed by atoms with E-state index in [9.17, 15) is 14.0 Å². The van der Waals surface area contributed by atoms with Crippen LogP contribution in [0.5, 0.6) is 11.5 Å². The zero-order chi connectivity index (χ0) is 26.2. The lowest BCUT2D eigenvalue weighted by Gasteiger charge is -2.35. The summed E-state index contributed by atoms with van der Waals surface area (Å²) in [4.78, 5) is 38.5. The maximum Gasteiger partial charge on any atom is 0.255 e. The van der Waals surface area contributed by atoms with Gasteiger partial charge >= 0.3 is 0 Å². The number of halogens is 1. The minimum atomic E-state index is -0.530. The molecule has 38 heavy (non-hydrogen) atoms. The van der Waals surface area contributed by atoms with E-state index in [4.69, 9.17) is 9.47 Å². The van der Waals surface area contributed by atoms with Gasteiger partial charge in [-0.2, -0.15) is 0 Å². The van der Waals surface area contributed by atoms with Crippen molar-refractivity contribution < 1.29 is 23.5 Å². The Hall–Kier alpha value is -4.12. The molecule has 6 heterocycles. The summed E-state index contributed by atoms with van der Waals surface area (Å²) in [5, 5.41) is 6.20. The Kier molecular flexibility index (Phi) is 6.36. The molecule has 1 fully saturated rings. The van der Waals surface area contributed by atoms with E-state index in [0.717, 1.165) is 13.1 Å². The molecular formula is C27H29FN6O4. The van der Waals surface area contributed by atoms with Gasteiger partial charge < -0.3 is 30.0 Å². The second-order valence-corrected chi connectivity index (χ2v) is 9.66. The smallest absolute Gasteiger partial charge is 0.255 e. The quantitative estimate of drug-likeness (QED) is 0.487. The van der Waals surface area contributed by atoms with Crippen molar-refractivity contribution in [2.45, 2.75) is 12.3 Å². The number of pyridine rings is 1. The molecule has 1 atom stereocenters. The van der Waals surface area contributed by atoms with Gasteiger partial charge in [0.15, 0.2) is 11.6 Å². The van der Waals surface area contributed by atoms with Gasteiger partial charge in [-0.1, -0.05) is 6.07 Å². The van der Waals surface area contributed by atoms with Crippen molar-refractivity contribution in [3.63, 3.8) is 0 Å². The SMILES string of the molecule is COc1c(F)cccc1Nc1c2[nH]c3c1C(=O)NCC3CC(=O)N1CCN(CCOc3cnccc3-2)CC1. The Morgan fingerprint density at radius 1 is 1.16 bits per heavy atom. The summed E-state index contributed by atoms with van der Waals surface area (Å²) in [7, 11) is 1.39. The van der Waals surface area contributed by atoms with Crippen LogP contribution in [0.15, 0.2) is 36.7 Å². The number of nitrogens with one attached hydrogen (secondary N) is 3. The Bertz CT molecular complexity index is 1380. The summed E-state index contributed by atoms with van der Waals surface area (Å²) in [6, 6.07) is 6.37. The zero-order valence-electron chi connectivity index (χ0n) is 21.1. The van der Waals surface area contributed by atoms with Crippen molar-refractivity contribution in [3.05, 3.63) is 53.7 Å². The van der Waals surface area contributed by atoms with Crippen LogP contribution >= 0.6 is 0 Å². The number of para-hydroxylation sites is 1. The third kappa shape index (κ3) is 4.32. The van der Waals surface area contributed by atoms with E-state index >= 15 is 0 Å². The molecule has 0 saturated carbocycles. The predicted octanol–water partition coefficient (Wildman–Crippen LogP) is 2.72. The second-order valence-electron chi connectivity index (χ2n) is 9.66. The number of methoxy groups -OCH3 is 1. The number of hydrogen-bond donors (Lipinski definition) is 3. The van der Waals surface area contributed by atoms with E-state index in [1.54, 1.807) is 24.5 Å². The molecular weight excluding hydrogens is 491 g/mol. The normalized spacial score (nSPS) is 21.1. The van der Waals surface area contributed by atoms with Gasteiger partial charge in [0, 0.05) is 69.1 Å². The van der Waals surface area contributed by atoms with Crippen molar-refractivity contribution in [3.8, 4) is 22.8 Å². The molecule has 1 unspecified atom stereocenters. The number of anilines is 2. The molecule has 10 nitrogen and oxygen atoms in total. The van der Waals surface area contributed by atoms with Crippen LogP contribution in [0.4, 0.5) is 15.8 Å². The largest absolute Gasteiger partial charge is 0.492 e. The highest BCUT2D eigenvalue weighted by Gasteiger charge is 2.36. The number of rotatable bonds is 3. The molecule has 2 aromatic heterocycles. The number of aromatic amines is 1. The summed E-state index contributed by atoms with van der Waals surface area (Å²) >= 11 is 0. The van der Waals surface area contributed by atoms with Crippen LogP contribution < -0.4 is 20.1 Å². The summed E-state index contributed by atoms with van der Waals surface area (Å²) in [5.41, 5.74) is 3.15. The first-order chi connectivity index (χ1) is 18.5. The third-order valence-corrected chi connectivity index (χ3v) is 7.47. The fourth-order valence-electron chi connectivity index (χ4n) is 5.47. The highest BCUT2D eigenvalue weighted by molar-refractivity contribution is 6.07. The monoisotopic (exact) mass is 520 g/mol. The number of piperazine rings is 1. The topological polar surface area (TPSA) is 112 Å². The van der Waals surface area contributed by atoms with Crippen LogP contribution in [0.3, 0.4) is 0 Å². The Labute approximate surface area is 219 Å². The van der Waals surface area contributed by atoms with Crippen molar-refractivity contribution >= 4 is 23.2 Å². The molecule has 0 aliphatic carbocycles. The van der Waals surface area contributed by atoms with Gasteiger partial charge in [0.25, 0.3) is 5.91 Å². The number of amides is 2. The summed E-state index contributed by atoms with van der Waals surface area (Å²) in [5.74, 6) is -0.421. The zero-order valence-corrected chi connectivity index (χ0v) is 21.1. The number of carbonyl (C=O) groups excluding carboxylic acids is 2. The second kappa shape index (κ2) is 9.97. The number of fused-ring (bicyclic) bond motifs is 5. The molecule has 0 spiro atoms. The molecule has 3 N–H and O–H groups in total. The molecule has 2 amide bonds. The van der Waals surface area contributed by atoms with Gasteiger partial charge in [0.1, 0.15) is 12.4 Å². The average Bonchev–Trinajstić information content (AvgIpc) is 3.30. The lowest BCUT2D eigenvalue weighted by molar-refractivity contribution is -0.133. The van der Waals surface area contributed by atoms with E-state index in [0.29, 0.717) is 72.4 Å². The van der Waals surface area contributed by atoms with Crippen LogP contribution in [0.2, 0.25) is 0 Å². The van der Waals surface area contributed by atoms with Gasteiger partial charge in [0.2, 0.25) is 5.91 Å². The summed E-state index contributed by atoms with van der Waals surface area (Å²) in [6.07, 6.45) is 3.57. The maximum atomic E-state index is 14.6. The van der Waals surface area contributed by atoms with Gasteiger partial charge in [-0.3, -0.25) is 19.5 Å². The standard InChI is InChI=1S/C27H29FN6O4/c1-37-26-18(28)3-2-4-19(26)31-25-22-23-16(14-30-27(22)36)13-21(35)34-9-7-33(8-10-34)11-12-38-20-15-29-6-5-17(20)24(25)32-23/h2-6,15-16,31-32H,7-14H2,1H3,(H,30,36). The predicted molar refractivity (Wildman–Crippen MR) is 138 cm³/mol. The number of carbonyl (C=O) groups is 2. The van der Waals surface area contributed by atoms with Gasteiger partial charge in [0.05, 0.1) is 35.9 Å². The fraction of sp³-hybridized carbons (Fsp3) is 0.370. The van der Waals surface area contributed by atoms with E-state index < -0.39 is 5.82 Å². The van der Waals surface area contributed by atoms with E-state index in [1.807, 2.05) is 11.0 Å². The van der Waals surface area contributed by atoms with Crippen molar-refractivity contribution in [2.24, 2.45) is 0 Å². The highest BCUT2D eigenvalue weighted by atomic mass is 19.1. The number of aromatic nitrogens is 2. The van der Waals surface area contributed by atoms with Crippen molar-refractivity contribution in [2.75, 3.05) is 58.3 Å². The van der Waals surface area contributed by atoms with Gasteiger partial charge in [-0.15, -0.1) is 0 Å². The molecule has 4 aliphatic rings. The molecule has 198 valence electrons. The minimum absolute atomic E-state index is 0.0302. The molecule has 11 heteroatoms. The van der Waals surface area contributed by atoms with Gasteiger partial charge in [-0.05, 0) is 18.2 Å². The first-order valence-corrected chi connectivity index (χ1v) is 12.7. The van der Waals surface area contributed by atoms with Crippen LogP contribution in [-0.2, 0) is 4.79 Å². The Balaban J connectivity index is 1.52. The molecule has 1 saturated heterocycles. The molecule has 7 rings (SSSR count). The molecule has 3 aromatic rings. The minimum Gasteiger partial charge on any atom is -0.492 e. The number of ether oxygens (including phenoxy) is 2.